The third-order valence-corrected chi connectivity index (χ3v) is 4.35. The summed E-state index contributed by atoms with van der Waals surface area (Å²) in [6.07, 6.45) is 6.05. The zero-order valence-electron chi connectivity index (χ0n) is 11.5. The molecule has 3 rings (SSSR count). The van der Waals surface area contributed by atoms with E-state index < -0.39 is 0 Å². The lowest BCUT2D eigenvalue weighted by molar-refractivity contribution is 0.228. The highest BCUT2D eigenvalue weighted by atomic mass is 15.4. The number of rotatable bonds is 5. The SMILES string of the molecule is NCc1cn(CCN2CCC(N3CCCC3)C2)nn1. The first-order valence-corrected chi connectivity index (χ1v) is 7.40. The van der Waals surface area contributed by atoms with Gasteiger partial charge in [-0.15, -0.1) is 5.10 Å². The first-order valence-electron chi connectivity index (χ1n) is 7.40. The van der Waals surface area contributed by atoms with Crippen molar-refractivity contribution in [1.29, 1.82) is 0 Å². The van der Waals surface area contributed by atoms with Crippen LogP contribution in [-0.2, 0) is 13.1 Å². The molecule has 0 radical (unpaired) electrons. The van der Waals surface area contributed by atoms with E-state index >= 15 is 0 Å². The van der Waals surface area contributed by atoms with E-state index in [1.165, 1.54) is 45.4 Å². The summed E-state index contributed by atoms with van der Waals surface area (Å²) in [4.78, 5) is 5.22. The standard InChI is InChI=1S/C13H24N6/c14-9-12-10-19(16-15-12)8-7-17-6-3-13(11-17)18-4-1-2-5-18/h10,13H,1-9,11,14H2. The minimum absolute atomic E-state index is 0.473. The van der Waals surface area contributed by atoms with E-state index in [-0.39, 0.29) is 0 Å². The molecule has 2 fully saturated rings. The Bertz CT molecular complexity index is 398. The van der Waals surface area contributed by atoms with E-state index in [1.54, 1.807) is 0 Å². The second-order valence-electron chi connectivity index (χ2n) is 5.66. The third kappa shape index (κ3) is 3.13. The molecule has 6 heteroatoms. The first kappa shape index (κ1) is 13.0. The van der Waals surface area contributed by atoms with Gasteiger partial charge in [0.15, 0.2) is 0 Å². The third-order valence-electron chi connectivity index (χ3n) is 4.35. The summed E-state index contributed by atoms with van der Waals surface area (Å²) in [5, 5.41) is 8.11. The van der Waals surface area contributed by atoms with Crippen LogP contribution in [0.15, 0.2) is 6.20 Å². The van der Waals surface area contributed by atoms with E-state index in [0.29, 0.717) is 6.54 Å². The molecule has 0 spiro atoms. The lowest BCUT2D eigenvalue weighted by Gasteiger charge is -2.23. The molecule has 2 saturated heterocycles. The highest BCUT2D eigenvalue weighted by molar-refractivity contribution is 4.91. The average Bonchev–Trinajstić information content (AvgIpc) is 3.16. The fourth-order valence-electron chi connectivity index (χ4n) is 3.21. The molecule has 0 aliphatic carbocycles. The van der Waals surface area contributed by atoms with Crippen molar-refractivity contribution >= 4 is 0 Å². The van der Waals surface area contributed by atoms with Gasteiger partial charge < -0.3 is 5.73 Å². The quantitative estimate of drug-likeness (QED) is 0.805. The van der Waals surface area contributed by atoms with Crippen LogP contribution in [-0.4, -0.2) is 63.6 Å². The molecule has 6 nitrogen and oxygen atoms in total. The molecule has 2 aliphatic rings. The van der Waals surface area contributed by atoms with Gasteiger partial charge in [-0.3, -0.25) is 14.5 Å². The van der Waals surface area contributed by atoms with Gasteiger partial charge in [-0.25, -0.2) is 0 Å². The van der Waals surface area contributed by atoms with Gasteiger partial charge in [0.05, 0.1) is 12.2 Å². The largest absolute Gasteiger partial charge is 0.325 e. The van der Waals surface area contributed by atoms with Crippen LogP contribution in [0.4, 0.5) is 0 Å². The van der Waals surface area contributed by atoms with Crippen LogP contribution in [0.5, 0.6) is 0 Å². The Morgan fingerprint density at radius 2 is 2.05 bits per heavy atom. The summed E-state index contributed by atoms with van der Waals surface area (Å²) in [5.41, 5.74) is 6.41. The highest BCUT2D eigenvalue weighted by Gasteiger charge is 2.28. The van der Waals surface area contributed by atoms with Crippen molar-refractivity contribution in [2.45, 2.75) is 38.4 Å². The zero-order chi connectivity index (χ0) is 13.1. The molecule has 1 aromatic rings. The number of likely N-dealkylation sites (tertiary alicyclic amines) is 2. The fourth-order valence-corrected chi connectivity index (χ4v) is 3.21. The van der Waals surface area contributed by atoms with Crippen LogP contribution in [0.25, 0.3) is 0 Å². The molecule has 1 atom stereocenters. The number of aromatic nitrogens is 3. The van der Waals surface area contributed by atoms with Gasteiger partial charge in [-0.05, 0) is 38.9 Å². The number of hydrogen-bond acceptors (Lipinski definition) is 5. The molecule has 1 unspecified atom stereocenters. The fraction of sp³-hybridized carbons (Fsp3) is 0.846. The number of hydrogen-bond donors (Lipinski definition) is 1. The molecule has 19 heavy (non-hydrogen) atoms. The molecular formula is C13H24N6. The molecule has 106 valence electrons. The van der Waals surface area contributed by atoms with E-state index in [4.69, 9.17) is 5.73 Å². The molecule has 0 amide bonds. The Morgan fingerprint density at radius 1 is 1.21 bits per heavy atom. The number of nitrogens with two attached hydrogens (primary N) is 1. The van der Waals surface area contributed by atoms with Crippen molar-refractivity contribution in [3.63, 3.8) is 0 Å². The Labute approximate surface area is 114 Å². The molecule has 2 aliphatic heterocycles. The van der Waals surface area contributed by atoms with Crippen molar-refractivity contribution in [1.82, 2.24) is 24.8 Å². The lowest BCUT2D eigenvalue weighted by Crippen LogP contribution is -2.36. The van der Waals surface area contributed by atoms with Gasteiger partial charge in [0.2, 0.25) is 0 Å². The van der Waals surface area contributed by atoms with Crippen LogP contribution in [0.1, 0.15) is 25.0 Å². The van der Waals surface area contributed by atoms with Crippen LogP contribution < -0.4 is 5.73 Å². The van der Waals surface area contributed by atoms with Crippen molar-refractivity contribution in [3.05, 3.63) is 11.9 Å². The molecule has 0 aromatic carbocycles. The first-order chi connectivity index (χ1) is 9.35. The molecular weight excluding hydrogens is 240 g/mol. The zero-order valence-corrected chi connectivity index (χ0v) is 11.5. The van der Waals surface area contributed by atoms with Crippen LogP contribution in [0.2, 0.25) is 0 Å². The van der Waals surface area contributed by atoms with Crippen molar-refractivity contribution in [2.24, 2.45) is 5.73 Å². The van der Waals surface area contributed by atoms with Crippen molar-refractivity contribution < 1.29 is 0 Å². The molecule has 0 bridgehead atoms. The maximum Gasteiger partial charge on any atom is 0.0962 e. The Hall–Kier alpha value is -0.980. The minimum Gasteiger partial charge on any atom is -0.325 e. The Kier molecular flexibility index (Phi) is 4.10. The number of nitrogens with zero attached hydrogens (tertiary/aromatic N) is 5. The van der Waals surface area contributed by atoms with E-state index in [0.717, 1.165) is 24.8 Å². The summed E-state index contributed by atoms with van der Waals surface area (Å²) in [6, 6.07) is 0.790. The van der Waals surface area contributed by atoms with E-state index in [2.05, 4.69) is 20.1 Å². The second kappa shape index (κ2) is 5.98. The van der Waals surface area contributed by atoms with Gasteiger partial charge >= 0.3 is 0 Å². The molecule has 2 N–H and O–H groups in total. The van der Waals surface area contributed by atoms with Crippen molar-refractivity contribution in [2.75, 3.05) is 32.7 Å². The average molecular weight is 264 g/mol. The molecule has 3 heterocycles. The summed E-state index contributed by atoms with van der Waals surface area (Å²) in [5.74, 6) is 0. The summed E-state index contributed by atoms with van der Waals surface area (Å²) in [7, 11) is 0. The van der Waals surface area contributed by atoms with Gasteiger partial charge in [0.25, 0.3) is 0 Å². The van der Waals surface area contributed by atoms with Crippen LogP contribution in [0, 0.1) is 0 Å². The molecule has 0 saturated carbocycles. The minimum atomic E-state index is 0.473. The Morgan fingerprint density at radius 3 is 2.79 bits per heavy atom. The summed E-state index contributed by atoms with van der Waals surface area (Å²) >= 11 is 0. The van der Waals surface area contributed by atoms with E-state index in [9.17, 15) is 0 Å². The van der Waals surface area contributed by atoms with Gasteiger partial charge in [-0.1, -0.05) is 5.21 Å². The van der Waals surface area contributed by atoms with Crippen LogP contribution >= 0.6 is 0 Å². The summed E-state index contributed by atoms with van der Waals surface area (Å²) in [6.45, 7) is 7.51. The second-order valence-corrected chi connectivity index (χ2v) is 5.66. The smallest absolute Gasteiger partial charge is 0.0962 e. The van der Waals surface area contributed by atoms with Gasteiger partial charge in [0.1, 0.15) is 0 Å². The van der Waals surface area contributed by atoms with Crippen molar-refractivity contribution in [3.8, 4) is 0 Å². The predicted octanol–water partition coefficient (Wildman–Crippen LogP) is -0.0931. The Balaban J connectivity index is 1.43. The topological polar surface area (TPSA) is 63.2 Å². The van der Waals surface area contributed by atoms with Gasteiger partial charge in [-0.2, -0.15) is 0 Å². The monoisotopic (exact) mass is 264 g/mol. The van der Waals surface area contributed by atoms with Gasteiger partial charge in [0, 0.05) is 31.9 Å². The normalized spacial score (nSPS) is 25.4. The maximum atomic E-state index is 5.54. The predicted molar refractivity (Wildman–Crippen MR) is 73.6 cm³/mol. The lowest BCUT2D eigenvalue weighted by atomic mass is 10.2. The van der Waals surface area contributed by atoms with Crippen LogP contribution in [0.3, 0.4) is 0 Å². The molecule has 1 aromatic heterocycles. The highest BCUT2D eigenvalue weighted by Crippen LogP contribution is 2.20. The van der Waals surface area contributed by atoms with E-state index in [1.807, 2.05) is 10.9 Å². The maximum absolute atomic E-state index is 5.54. The summed E-state index contributed by atoms with van der Waals surface area (Å²) < 4.78 is 1.91.